The zero-order valence-corrected chi connectivity index (χ0v) is 10.3. The summed E-state index contributed by atoms with van der Waals surface area (Å²) in [6.45, 7) is 6.77. The monoisotopic (exact) mass is 222 g/mol. The number of aromatic nitrogens is 2. The zero-order chi connectivity index (χ0) is 11.8. The van der Waals surface area contributed by atoms with Crippen LogP contribution in [0, 0.1) is 0 Å². The smallest absolute Gasteiger partial charge is 0.0538 e. The minimum Gasteiger partial charge on any atom is -0.313 e. The van der Waals surface area contributed by atoms with Crippen molar-refractivity contribution in [2.24, 2.45) is 0 Å². The van der Waals surface area contributed by atoms with Gasteiger partial charge in [-0.2, -0.15) is 5.10 Å². The van der Waals surface area contributed by atoms with Crippen molar-refractivity contribution in [3.8, 4) is 0 Å². The molecule has 1 aromatic heterocycles. The van der Waals surface area contributed by atoms with E-state index in [0.717, 1.165) is 19.6 Å². The summed E-state index contributed by atoms with van der Waals surface area (Å²) in [5, 5.41) is 7.53. The third-order valence-corrected chi connectivity index (χ3v) is 2.38. The molecule has 0 aliphatic carbocycles. The maximum absolute atomic E-state index is 4.12. The third-order valence-electron chi connectivity index (χ3n) is 2.38. The van der Waals surface area contributed by atoms with Crippen LogP contribution in [0.2, 0.25) is 0 Å². The molecule has 1 N–H and O–H groups in total. The molecule has 0 aliphatic heterocycles. The second kappa shape index (κ2) is 7.19. The third kappa shape index (κ3) is 5.09. The van der Waals surface area contributed by atoms with Gasteiger partial charge in [-0.15, -0.1) is 0 Å². The first-order chi connectivity index (χ1) is 7.72. The Kier molecular flexibility index (Phi) is 5.82. The molecule has 0 unspecified atom stereocenters. The average Bonchev–Trinajstić information content (AvgIpc) is 2.70. The topological polar surface area (TPSA) is 33.1 Å². The van der Waals surface area contributed by atoms with Crippen molar-refractivity contribution >= 4 is 6.20 Å². The predicted octanol–water partition coefficient (Wildman–Crippen LogP) is 1.41. The van der Waals surface area contributed by atoms with Crippen molar-refractivity contribution in [3.63, 3.8) is 0 Å². The van der Waals surface area contributed by atoms with Crippen LogP contribution in [-0.2, 0) is 6.54 Å². The molecule has 0 atom stereocenters. The van der Waals surface area contributed by atoms with E-state index < -0.39 is 0 Å². The Hall–Kier alpha value is -1.13. The maximum Gasteiger partial charge on any atom is 0.0538 e. The number of hydrogen-bond donors (Lipinski definition) is 1. The van der Waals surface area contributed by atoms with Crippen molar-refractivity contribution in [1.82, 2.24) is 20.0 Å². The van der Waals surface area contributed by atoms with Gasteiger partial charge >= 0.3 is 0 Å². The predicted molar refractivity (Wildman–Crippen MR) is 68.1 cm³/mol. The Bertz CT molecular complexity index is 304. The first-order valence-electron chi connectivity index (χ1n) is 5.73. The molecule has 0 aromatic carbocycles. The van der Waals surface area contributed by atoms with E-state index in [9.17, 15) is 0 Å². The Morgan fingerprint density at radius 3 is 2.94 bits per heavy atom. The normalized spacial score (nSPS) is 10.9. The first-order valence-corrected chi connectivity index (χ1v) is 5.73. The molecule has 0 saturated carbocycles. The van der Waals surface area contributed by atoms with Gasteiger partial charge in [0.1, 0.15) is 0 Å². The Labute approximate surface area is 97.9 Å². The number of unbranched alkanes of at least 4 members (excludes halogenated alkanes) is 1. The second-order valence-electron chi connectivity index (χ2n) is 4.20. The van der Waals surface area contributed by atoms with Gasteiger partial charge in [0.15, 0.2) is 0 Å². The largest absolute Gasteiger partial charge is 0.313 e. The summed E-state index contributed by atoms with van der Waals surface area (Å²) in [6, 6.07) is 0. The molecule has 1 aromatic rings. The fourth-order valence-corrected chi connectivity index (χ4v) is 1.48. The number of hydrogen-bond acceptors (Lipinski definition) is 3. The van der Waals surface area contributed by atoms with Gasteiger partial charge in [-0.1, -0.05) is 6.58 Å². The van der Waals surface area contributed by atoms with E-state index in [1.807, 2.05) is 12.4 Å². The molecular formula is C12H22N4. The molecule has 4 heteroatoms. The van der Waals surface area contributed by atoms with Gasteiger partial charge in [0, 0.05) is 24.5 Å². The number of nitrogens with zero attached hydrogens (tertiary/aromatic N) is 3. The second-order valence-corrected chi connectivity index (χ2v) is 4.20. The van der Waals surface area contributed by atoms with Gasteiger partial charge in [0.05, 0.1) is 6.20 Å². The van der Waals surface area contributed by atoms with Crippen molar-refractivity contribution < 1.29 is 0 Å². The van der Waals surface area contributed by atoms with Crippen LogP contribution in [0.4, 0.5) is 0 Å². The van der Waals surface area contributed by atoms with Gasteiger partial charge in [0.2, 0.25) is 0 Å². The van der Waals surface area contributed by atoms with E-state index in [0.29, 0.717) is 0 Å². The quantitative estimate of drug-likeness (QED) is 0.675. The molecule has 1 rings (SSSR count). The zero-order valence-electron chi connectivity index (χ0n) is 10.3. The molecule has 0 fully saturated rings. The Morgan fingerprint density at radius 2 is 2.31 bits per heavy atom. The molecule has 90 valence electrons. The molecule has 0 bridgehead atoms. The molecule has 0 amide bonds. The van der Waals surface area contributed by atoms with Crippen molar-refractivity contribution in [2.75, 3.05) is 27.2 Å². The van der Waals surface area contributed by atoms with Crippen LogP contribution < -0.4 is 5.32 Å². The minimum absolute atomic E-state index is 0.885. The SMILES string of the molecule is C=Cn1cc(CNCCCCN(C)C)cn1. The first kappa shape index (κ1) is 12.9. The highest BCUT2D eigenvalue weighted by Gasteiger charge is 1.96. The fourth-order valence-electron chi connectivity index (χ4n) is 1.48. The van der Waals surface area contributed by atoms with E-state index >= 15 is 0 Å². The summed E-state index contributed by atoms with van der Waals surface area (Å²) in [5.74, 6) is 0. The summed E-state index contributed by atoms with van der Waals surface area (Å²) < 4.78 is 1.73. The lowest BCUT2D eigenvalue weighted by atomic mass is 10.3. The summed E-state index contributed by atoms with van der Waals surface area (Å²) in [4.78, 5) is 2.22. The van der Waals surface area contributed by atoms with E-state index in [-0.39, 0.29) is 0 Å². The van der Waals surface area contributed by atoms with Crippen molar-refractivity contribution in [2.45, 2.75) is 19.4 Å². The lowest BCUT2D eigenvalue weighted by molar-refractivity contribution is 0.391. The molecule has 0 spiro atoms. The van der Waals surface area contributed by atoms with Crippen molar-refractivity contribution in [3.05, 3.63) is 24.5 Å². The molecule has 0 radical (unpaired) electrons. The summed E-state index contributed by atoms with van der Waals surface area (Å²) >= 11 is 0. The van der Waals surface area contributed by atoms with Gasteiger partial charge in [-0.25, -0.2) is 4.68 Å². The number of nitrogens with one attached hydrogen (secondary N) is 1. The van der Waals surface area contributed by atoms with E-state index in [1.54, 1.807) is 10.9 Å². The highest BCUT2D eigenvalue weighted by atomic mass is 15.2. The minimum atomic E-state index is 0.885. The summed E-state index contributed by atoms with van der Waals surface area (Å²) in [5.41, 5.74) is 1.20. The summed E-state index contributed by atoms with van der Waals surface area (Å²) in [6.07, 6.45) is 8.01. The molecule has 0 saturated heterocycles. The van der Waals surface area contributed by atoms with Gasteiger partial charge in [-0.3, -0.25) is 0 Å². The van der Waals surface area contributed by atoms with Gasteiger partial charge in [0.25, 0.3) is 0 Å². The fraction of sp³-hybridized carbons (Fsp3) is 0.583. The van der Waals surface area contributed by atoms with Crippen LogP contribution in [-0.4, -0.2) is 41.9 Å². The highest BCUT2D eigenvalue weighted by Crippen LogP contribution is 1.97. The van der Waals surface area contributed by atoms with Crippen molar-refractivity contribution in [1.29, 1.82) is 0 Å². The molecule has 1 heterocycles. The molecule has 4 nitrogen and oxygen atoms in total. The van der Waals surface area contributed by atoms with Crippen LogP contribution in [0.1, 0.15) is 18.4 Å². The molecular weight excluding hydrogens is 200 g/mol. The van der Waals surface area contributed by atoms with Gasteiger partial charge in [-0.05, 0) is 40.0 Å². The van der Waals surface area contributed by atoms with E-state index in [4.69, 9.17) is 0 Å². The lowest BCUT2D eigenvalue weighted by Crippen LogP contribution is -2.17. The molecule has 0 aliphatic rings. The summed E-state index contributed by atoms with van der Waals surface area (Å²) in [7, 11) is 4.22. The van der Waals surface area contributed by atoms with E-state index in [2.05, 4.69) is 36.0 Å². The van der Waals surface area contributed by atoms with Crippen LogP contribution in [0.3, 0.4) is 0 Å². The van der Waals surface area contributed by atoms with Crippen LogP contribution in [0.25, 0.3) is 6.20 Å². The Morgan fingerprint density at radius 1 is 1.50 bits per heavy atom. The maximum atomic E-state index is 4.12. The lowest BCUT2D eigenvalue weighted by Gasteiger charge is -2.08. The highest BCUT2D eigenvalue weighted by molar-refractivity contribution is 5.17. The standard InChI is InChI=1S/C12H22N4/c1-4-16-11-12(10-14-16)9-13-7-5-6-8-15(2)3/h4,10-11,13H,1,5-9H2,2-3H3. The number of rotatable bonds is 8. The van der Waals surface area contributed by atoms with Crippen LogP contribution in [0.5, 0.6) is 0 Å². The molecule has 16 heavy (non-hydrogen) atoms. The Balaban J connectivity index is 2.04. The van der Waals surface area contributed by atoms with Crippen LogP contribution >= 0.6 is 0 Å². The average molecular weight is 222 g/mol. The van der Waals surface area contributed by atoms with Crippen LogP contribution in [0.15, 0.2) is 19.0 Å². The van der Waals surface area contributed by atoms with Gasteiger partial charge < -0.3 is 10.2 Å². The van der Waals surface area contributed by atoms with E-state index in [1.165, 1.54) is 18.4 Å².